The average molecular weight is 520 g/mol. The number of nitrogens with one attached hydrogen (secondary N) is 3. The van der Waals surface area contributed by atoms with Gasteiger partial charge in [0.05, 0.1) is 22.3 Å². The molecule has 0 radical (unpaired) electrons. The van der Waals surface area contributed by atoms with Crippen molar-refractivity contribution in [1.29, 1.82) is 0 Å². The first-order valence-electron chi connectivity index (χ1n) is 10.7. The molecule has 0 saturated carbocycles. The summed E-state index contributed by atoms with van der Waals surface area (Å²) in [5.74, 6) is 0.676. The topological polar surface area (TPSA) is 79.5 Å². The van der Waals surface area contributed by atoms with Crippen LogP contribution in [0.5, 0.6) is 5.75 Å². The third-order valence-electron chi connectivity index (χ3n) is 4.78. The number of para-hydroxylation sites is 1. The largest absolute Gasteiger partial charge is 0.492 e. The van der Waals surface area contributed by atoms with Crippen molar-refractivity contribution in [2.45, 2.75) is 46.6 Å². The van der Waals surface area contributed by atoms with Crippen LogP contribution in [-0.2, 0) is 0 Å². The number of rotatable bonds is 9. The number of halogens is 1. The molecule has 0 spiro atoms. The number of ether oxygens (including phenoxy) is 1. The number of benzene rings is 2. The molecule has 8 heteroatoms. The molecule has 0 aliphatic heterocycles. The summed E-state index contributed by atoms with van der Waals surface area (Å²) < 4.78 is 6.45. The minimum absolute atomic E-state index is 0.0537. The number of hydrogen-bond acceptors (Lipinski definition) is 4. The number of carbonyl (C=O) groups excluding carboxylic acids is 2. The zero-order valence-corrected chi connectivity index (χ0v) is 21.2. The smallest absolute Gasteiger partial charge is 0.257 e. The Morgan fingerprint density at radius 3 is 2.47 bits per heavy atom. The van der Waals surface area contributed by atoms with Crippen LogP contribution in [0.1, 0.15) is 61.3 Å². The Bertz CT molecular complexity index is 965. The quantitative estimate of drug-likeness (QED) is 0.379. The van der Waals surface area contributed by atoms with E-state index in [1.54, 1.807) is 42.5 Å². The Morgan fingerprint density at radius 1 is 1.09 bits per heavy atom. The zero-order chi connectivity index (χ0) is 23.7. The maximum absolute atomic E-state index is 12.6. The van der Waals surface area contributed by atoms with Gasteiger partial charge in [-0.2, -0.15) is 0 Å². The van der Waals surface area contributed by atoms with Crippen molar-refractivity contribution in [2.24, 2.45) is 5.92 Å². The molecule has 0 fully saturated rings. The van der Waals surface area contributed by atoms with Crippen molar-refractivity contribution in [3.8, 4) is 5.75 Å². The molecular weight excluding hydrogens is 490 g/mol. The number of thiocarbonyl (C=S) groups is 1. The predicted octanol–water partition coefficient (Wildman–Crippen LogP) is 5.53. The predicted molar refractivity (Wildman–Crippen MR) is 136 cm³/mol. The van der Waals surface area contributed by atoms with Crippen LogP contribution in [0.2, 0.25) is 0 Å². The summed E-state index contributed by atoms with van der Waals surface area (Å²) >= 11 is 8.75. The van der Waals surface area contributed by atoms with Gasteiger partial charge in [-0.25, -0.2) is 0 Å². The normalized spacial score (nSPS) is 11.6. The monoisotopic (exact) mass is 519 g/mol. The van der Waals surface area contributed by atoms with Gasteiger partial charge >= 0.3 is 0 Å². The second-order valence-corrected chi connectivity index (χ2v) is 9.18. The Morgan fingerprint density at radius 2 is 1.81 bits per heavy atom. The van der Waals surface area contributed by atoms with Crippen molar-refractivity contribution in [1.82, 2.24) is 10.6 Å². The van der Waals surface area contributed by atoms with Crippen LogP contribution in [-0.4, -0.2) is 29.6 Å². The maximum Gasteiger partial charge on any atom is 0.257 e. The maximum atomic E-state index is 12.6. The molecule has 0 aliphatic rings. The van der Waals surface area contributed by atoms with E-state index in [1.807, 2.05) is 13.8 Å². The van der Waals surface area contributed by atoms with Crippen molar-refractivity contribution >= 4 is 50.8 Å². The Kier molecular flexibility index (Phi) is 10.1. The molecule has 6 nitrogen and oxygen atoms in total. The number of hydrogen-bond donors (Lipinski definition) is 3. The van der Waals surface area contributed by atoms with Crippen molar-refractivity contribution in [2.75, 3.05) is 11.9 Å². The lowest BCUT2D eigenvalue weighted by molar-refractivity contribution is 0.0938. The van der Waals surface area contributed by atoms with E-state index < -0.39 is 0 Å². The molecule has 2 rings (SSSR count). The van der Waals surface area contributed by atoms with Crippen LogP contribution in [0.4, 0.5) is 5.69 Å². The van der Waals surface area contributed by atoms with E-state index in [-0.39, 0.29) is 23.0 Å². The van der Waals surface area contributed by atoms with Gasteiger partial charge < -0.3 is 15.4 Å². The van der Waals surface area contributed by atoms with Gasteiger partial charge in [-0.3, -0.25) is 14.9 Å². The van der Waals surface area contributed by atoms with Gasteiger partial charge in [0.2, 0.25) is 0 Å². The lowest BCUT2D eigenvalue weighted by Crippen LogP contribution is -2.36. The average Bonchev–Trinajstić information content (AvgIpc) is 2.74. The molecule has 2 aromatic rings. The van der Waals surface area contributed by atoms with Gasteiger partial charge in [-0.1, -0.05) is 32.9 Å². The molecule has 1 unspecified atom stereocenters. The number of anilines is 1. The molecule has 172 valence electrons. The van der Waals surface area contributed by atoms with E-state index in [1.165, 1.54) is 0 Å². The molecule has 0 saturated heterocycles. The van der Waals surface area contributed by atoms with Crippen LogP contribution < -0.4 is 20.7 Å². The third kappa shape index (κ3) is 7.91. The number of amides is 2. The van der Waals surface area contributed by atoms with Crippen LogP contribution in [0, 0.1) is 5.92 Å². The summed E-state index contributed by atoms with van der Waals surface area (Å²) in [6, 6.07) is 12.2. The third-order valence-corrected chi connectivity index (χ3v) is 5.61. The van der Waals surface area contributed by atoms with Crippen molar-refractivity contribution in [3.05, 3.63) is 58.1 Å². The van der Waals surface area contributed by atoms with Gasteiger partial charge in [0.25, 0.3) is 11.8 Å². The van der Waals surface area contributed by atoms with E-state index in [4.69, 9.17) is 17.0 Å². The summed E-state index contributed by atoms with van der Waals surface area (Å²) in [5.41, 5.74) is 1.41. The van der Waals surface area contributed by atoms with Gasteiger partial charge in [0, 0.05) is 11.6 Å². The fourth-order valence-corrected chi connectivity index (χ4v) is 3.38. The minimum atomic E-state index is -0.363. The Hall–Kier alpha value is -2.45. The molecule has 2 aromatic carbocycles. The highest BCUT2D eigenvalue weighted by Gasteiger charge is 2.15. The van der Waals surface area contributed by atoms with Gasteiger partial charge in [-0.15, -0.1) is 0 Å². The van der Waals surface area contributed by atoms with Crippen LogP contribution in [0.3, 0.4) is 0 Å². The summed E-state index contributed by atoms with van der Waals surface area (Å²) in [6.45, 7) is 8.83. The summed E-state index contributed by atoms with van der Waals surface area (Å²) in [6.07, 6.45) is 1.78. The molecule has 0 heterocycles. The second-order valence-electron chi connectivity index (χ2n) is 7.91. The molecular formula is C24H30BrN3O3S. The fourth-order valence-electron chi connectivity index (χ4n) is 2.69. The van der Waals surface area contributed by atoms with E-state index in [0.29, 0.717) is 39.6 Å². The Balaban J connectivity index is 2.01. The lowest BCUT2D eigenvalue weighted by atomic mass is 10.1. The molecule has 0 aliphatic carbocycles. The first-order chi connectivity index (χ1) is 15.2. The highest BCUT2D eigenvalue weighted by Crippen LogP contribution is 2.26. The molecule has 32 heavy (non-hydrogen) atoms. The van der Waals surface area contributed by atoms with E-state index in [9.17, 15) is 9.59 Å². The molecule has 0 bridgehead atoms. The highest BCUT2D eigenvalue weighted by atomic mass is 79.9. The van der Waals surface area contributed by atoms with Gasteiger partial charge in [0.15, 0.2) is 5.11 Å². The standard InChI is InChI=1S/C24H30BrN3O3S/c1-5-16(4)26-23(30)18-8-6-7-9-20(18)27-24(32)28-22(29)17-10-11-21(19(25)14-17)31-13-12-15(2)3/h6-11,14-16H,5,12-13H2,1-4H3,(H,26,30)(H2,27,28,29,32). The lowest BCUT2D eigenvalue weighted by Gasteiger charge is -2.16. The number of carbonyl (C=O) groups is 2. The summed E-state index contributed by atoms with van der Waals surface area (Å²) in [5, 5.41) is 8.64. The molecule has 2 amide bonds. The van der Waals surface area contributed by atoms with E-state index in [0.717, 1.165) is 12.8 Å². The first-order valence-corrected chi connectivity index (χ1v) is 11.9. The zero-order valence-electron chi connectivity index (χ0n) is 18.8. The molecule has 0 aromatic heterocycles. The van der Waals surface area contributed by atoms with Gasteiger partial charge in [0.1, 0.15) is 5.75 Å². The van der Waals surface area contributed by atoms with Gasteiger partial charge in [-0.05, 0) is 84.2 Å². The minimum Gasteiger partial charge on any atom is -0.492 e. The van der Waals surface area contributed by atoms with Crippen LogP contribution in [0.15, 0.2) is 46.9 Å². The Labute approximate surface area is 203 Å². The second kappa shape index (κ2) is 12.6. The first kappa shape index (κ1) is 25.8. The van der Waals surface area contributed by atoms with Crippen LogP contribution in [0.25, 0.3) is 0 Å². The fraction of sp³-hybridized carbons (Fsp3) is 0.375. The van der Waals surface area contributed by atoms with Crippen molar-refractivity contribution < 1.29 is 14.3 Å². The van der Waals surface area contributed by atoms with E-state index in [2.05, 4.69) is 45.7 Å². The molecule has 3 N–H and O–H groups in total. The SMILES string of the molecule is CCC(C)NC(=O)c1ccccc1NC(=S)NC(=O)c1ccc(OCCC(C)C)c(Br)c1. The van der Waals surface area contributed by atoms with Crippen LogP contribution >= 0.6 is 28.1 Å². The summed E-state index contributed by atoms with van der Waals surface area (Å²) in [7, 11) is 0. The highest BCUT2D eigenvalue weighted by molar-refractivity contribution is 9.10. The van der Waals surface area contributed by atoms with E-state index >= 15 is 0 Å². The summed E-state index contributed by atoms with van der Waals surface area (Å²) in [4.78, 5) is 25.2. The van der Waals surface area contributed by atoms with Crippen molar-refractivity contribution in [3.63, 3.8) is 0 Å². The molecule has 1 atom stereocenters.